The number of nitrogens with zero attached hydrogens (tertiary/aromatic N) is 1. The third-order valence-corrected chi connectivity index (χ3v) is 3.19. The number of carbonyl (C=O) groups excluding carboxylic acids is 1. The SMILES string of the molecule is C[C@@H](C(=O)c1ccc(C(F)(F)F)cc1)N(C(=O)O)C(C)(C)C. The molecule has 0 saturated heterocycles. The molecule has 0 aliphatic rings. The first-order chi connectivity index (χ1) is 9.85. The van der Waals surface area contributed by atoms with Crippen molar-refractivity contribution in [1.82, 2.24) is 4.90 Å². The van der Waals surface area contributed by atoms with Crippen LogP contribution in [0.25, 0.3) is 0 Å². The summed E-state index contributed by atoms with van der Waals surface area (Å²) in [6.45, 7) is 6.33. The Morgan fingerprint density at radius 1 is 1.09 bits per heavy atom. The van der Waals surface area contributed by atoms with Crippen LogP contribution in [0, 0.1) is 0 Å². The number of rotatable bonds is 3. The molecule has 0 unspecified atom stereocenters. The molecule has 0 aliphatic heterocycles. The van der Waals surface area contributed by atoms with E-state index in [1.807, 2.05) is 0 Å². The second-order valence-corrected chi connectivity index (χ2v) is 5.94. The molecule has 4 nitrogen and oxygen atoms in total. The van der Waals surface area contributed by atoms with Gasteiger partial charge in [0, 0.05) is 11.1 Å². The number of carboxylic acid groups (broad SMARTS) is 1. The fourth-order valence-electron chi connectivity index (χ4n) is 2.22. The Bertz CT molecular complexity index is 559. The lowest BCUT2D eigenvalue weighted by atomic mass is 9.98. The normalized spacial score (nSPS) is 13.6. The van der Waals surface area contributed by atoms with Crippen LogP contribution < -0.4 is 0 Å². The van der Waals surface area contributed by atoms with E-state index in [1.165, 1.54) is 6.92 Å². The molecule has 0 spiro atoms. The number of Topliss-reactive ketones (excluding diaryl/α,β-unsaturated/α-hetero) is 1. The Kier molecular flexibility index (Phi) is 4.89. The van der Waals surface area contributed by atoms with E-state index in [0.717, 1.165) is 29.2 Å². The molecule has 122 valence electrons. The van der Waals surface area contributed by atoms with Crippen LogP contribution in [0.5, 0.6) is 0 Å². The van der Waals surface area contributed by atoms with Gasteiger partial charge in [-0.15, -0.1) is 0 Å². The second kappa shape index (κ2) is 5.98. The zero-order valence-corrected chi connectivity index (χ0v) is 12.7. The van der Waals surface area contributed by atoms with Gasteiger partial charge in [0.1, 0.15) is 0 Å². The number of hydrogen-bond donors (Lipinski definition) is 1. The van der Waals surface area contributed by atoms with Gasteiger partial charge >= 0.3 is 12.3 Å². The summed E-state index contributed by atoms with van der Waals surface area (Å²) in [5.41, 5.74) is -1.63. The fourth-order valence-corrected chi connectivity index (χ4v) is 2.22. The van der Waals surface area contributed by atoms with Gasteiger partial charge in [-0.05, 0) is 39.8 Å². The predicted octanol–water partition coefficient (Wildman–Crippen LogP) is 4.06. The van der Waals surface area contributed by atoms with Gasteiger partial charge in [0.2, 0.25) is 0 Å². The Balaban J connectivity index is 3.07. The largest absolute Gasteiger partial charge is 0.465 e. The van der Waals surface area contributed by atoms with Crippen molar-refractivity contribution in [2.45, 2.75) is 45.5 Å². The topological polar surface area (TPSA) is 57.6 Å². The van der Waals surface area contributed by atoms with Gasteiger partial charge in [0.15, 0.2) is 5.78 Å². The van der Waals surface area contributed by atoms with E-state index in [2.05, 4.69) is 0 Å². The lowest BCUT2D eigenvalue weighted by Crippen LogP contribution is -2.52. The molecule has 1 aromatic carbocycles. The number of amides is 1. The minimum absolute atomic E-state index is 0.0380. The quantitative estimate of drug-likeness (QED) is 0.855. The standard InChI is InChI=1S/C15H18F3NO3/c1-9(19(13(21)22)14(2,3)4)12(20)10-5-7-11(8-6-10)15(16,17)18/h5-9H,1-4H3,(H,21,22)/t9-/m0/s1. The van der Waals surface area contributed by atoms with Crippen molar-refractivity contribution in [3.63, 3.8) is 0 Å². The summed E-state index contributed by atoms with van der Waals surface area (Å²) >= 11 is 0. The number of ketones is 1. The van der Waals surface area contributed by atoms with Crippen molar-refractivity contribution < 1.29 is 27.9 Å². The molecule has 7 heteroatoms. The Hall–Kier alpha value is -2.05. The van der Waals surface area contributed by atoms with Crippen LogP contribution in [0.2, 0.25) is 0 Å². The monoisotopic (exact) mass is 317 g/mol. The maximum atomic E-state index is 12.5. The first kappa shape index (κ1) is 18.0. The lowest BCUT2D eigenvalue weighted by Gasteiger charge is -2.37. The van der Waals surface area contributed by atoms with Crippen LogP contribution in [0.15, 0.2) is 24.3 Å². The molecule has 0 radical (unpaired) electrons. The maximum absolute atomic E-state index is 12.5. The summed E-state index contributed by atoms with van der Waals surface area (Å²) in [6, 6.07) is 2.73. The van der Waals surface area contributed by atoms with E-state index in [0.29, 0.717) is 0 Å². The number of alkyl halides is 3. The van der Waals surface area contributed by atoms with Crippen molar-refractivity contribution in [2.75, 3.05) is 0 Å². The van der Waals surface area contributed by atoms with Crippen LogP contribution in [-0.4, -0.2) is 33.5 Å². The summed E-state index contributed by atoms with van der Waals surface area (Å²) in [7, 11) is 0. The van der Waals surface area contributed by atoms with E-state index in [4.69, 9.17) is 0 Å². The van der Waals surface area contributed by atoms with Crippen LogP contribution in [0.3, 0.4) is 0 Å². The molecule has 1 amide bonds. The van der Waals surface area contributed by atoms with Crippen molar-refractivity contribution in [1.29, 1.82) is 0 Å². The van der Waals surface area contributed by atoms with Crippen LogP contribution in [0.4, 0.5) is 18.0 Å². The van der Waals surface area contributed by atoms with Crippen molar-refractivity contribution >= 4 is 11.9 Å². The van der Waals surface area contributed by atoms with Crippen molar-refractivity contribution in [3.05, 3.63) is 35.4 Å². The minimum Gasteiger partial charge on any atom is -0.465 e. The lowest BCUT2D eigenvalue weighted by molar-refractivity contribution is -0.137. The highest BCUT2D eigenvalue weighted by Crippen LogP contribution is 2.29. The first-order valence-electron chi connectivity index (χ1n) is 6.59. The van der Waals surface area contributed by atoms with E-state index in [-0.39, 0.29) is 5.56 Å². The van der Waals surface area contributed by atoms with Gasteiger partial charge in [-0.25, -0.2) is 4.79 Å². The van der Waals surface area contributed by atoms with Crippen molar-refractivity contribution in [3.8, 4) is 0 Å². The number of hydrogen-bond acceptors (Lipinski definition) is 2. The maximum Gasteiger partial charge on any atom is 0.416 e. The smallest absolute Gasteiger partial charge is 0.416 e. The Morgan fingerprint density at radius 2 is 1.55 bits per heavy atom. The van der Waals surface area contributed by atoms with Gasteiger partial charge in [0.25, 0.3) is 0 Å². The average molecular weight is 317 g/mol. The number of benzene rings is 1. The fraction of sp³-hybridized carbons (Fsp3) is 0.467. The van der Waals surface area contributed by atoms with Gasteiger partial charge in [0.05, 0.1) is 11.6 Å². The first-order valence-corrected chi connectivity index (χ1v) is 6.59. The molecule has 0 bridgehead atoms. The van der Waals surface area contributed by atoms with Gasteiger partial charge in [-0.3, -0.25) is 9.69 Å². The van der Waals surface area contributed by atoms with Crippen LogP contribution in [-0.2, 0) is 6.18 Å². The third-order valence-electron chi connectivity index (χ3n) is 3.19. The highest BCUT2D eigenvalue weighted by molar-refractivity contribution is 6.01. The molecule has 0 heterocycles. The van der Waals surface area contributed by atoms with E-state index in [1.54, 1.807) is 20.8 Å². The molecular weight excluding hydrogens is 299 g/mol. The molecule has 1 atom stereocenters. The average Bonchev–Trinajstić information content (AvgIpc) is 2.34. The van der Waals surface area contributed by atoms with E-state index in [9.17, 15) is 27.9 Å². The van der Waals surface area contributed by atoms with Crippen LogP contribution in [0.1, 0.15) is 43.6 Å². The van der Waals surface area contributed by atoms with Crippen molar-refractivity contribution in [2.24, 2.45) is 0 Å². The summed E-state index contributed by atoms with van der Waals surface area (Å²) in [5.74, 6) is -0.550. The van der Waals surface area contributed by atoms with E-state index < -0.39 is 35.2 Å². The second-order valence-electron chi connectivity index (χ2n) is 5.94. The van der Waals surface area contributed by atoms with Gasteiger partial charge in [-0.1, -0.05) is 12.1 Å². The number of carbonyl (C=O) groups is 2. The Morgan fingerprint density at radius 3 is 1.86 bits per heavy atom. The zero-order valence-electron chi connectivity index (χ0n) is 12.7. The highest BCUT2D eigenvalue weighted by atomic mass is 19.4. The van der Waals surface area contributed by atoms with Gasteiger partial charge in [-0.2, -0.15) is 13.2 Å². The molecule has 0 fully saturated rings. The molecule has 0 saturated carbocycles. The summed E-state index contributed by atoms with van der Waals surface area (Å²) in [5, 5.41) is 9.25. The van der Waals surface area contributed by atoms with E-state index >= 15 is 0 Å². The van der Waals surface area contributed by atoms with Crippen LogP contribution >= 0.6 is 0 Å². The molecule has 1 rings (SSSR count). The third kappa shape index (κ3) is 3.99. The molecule has 0 aromatic heterocycles. The molecular formula is C15H18F3NO3. The zero-order chi connectivity index (χ0) is 17.3. The highest BCUT2D eigenvalue weighted by Gasteiger charge is 2.35. The molecule has 22 heavy (non-hydrogen) atoms. The summed E-state index contributed by atoms with van der Waals surface area (Å²) < 4.78 is 37.5. The summed E-state index contributed by atoms with van der Waals surface area (Å²) in [4.78, 5) is 24.6. The predicted molar refractivity (Wildman–Crippen MR) is 74.9 cm³/mol. The molecule has 1 aromatic rings. The van der Waals surface area contributed by atoms with Gasteiger partial charge < -0.3 is 5.11 Å². The molecule has 0 aliphatic carbocycles. The minimum atomic E-state index is -4.48. The number of halogens is 3. The molecule has 1 N–H and O–H groups in total. The Labute approximate surface area is 126 Å². The summed E-state index contributed by atoms with van der Waals surface area (Å²) in [6.07, 6.45) is -5.74.